The maximum Gasteiger partial charge on any atom is 0.315 e. The molecule has 0 spiro atoms. The molecule has 3 rings (SSSR count). The van der Waals surface area contributed by atoms with Gasteiger partial charge in [-0.2, -0.15) is 0 Å². The van der Waals surface area contributed by atoms with E-state index in [-0.39, 0.29) is 18.0 Å². The molecular weight excluding hydrogens is 356 g/mol. The van der Waals surface area contributed by atoms with Crippen LogP contribution in [0.5, 0.6) is 0 Å². The van der Waals surface area contributed by atoms with Crippen LogP contribution in [0.25, 0.3) is 0 Å². The van der Waals surface area contributed by atoms with Crippen molar-refractivity contribution in [2.75, 3.05) is 49.2 Å². The number of urea groups is 1. The van der Waals surface area contributed by atoms with Crippen molar-refractivity contribution < 1.29 is 14.3 Å². The highest BCUT2D eigenvalue weighted by atomic mass is 16.5. The number of amides is 3. The second-order valence-corrected chi connectivity index (χ2v) is 7.49. The third kappa shape index (κ3) is 5.61. The highest BCUT2D eigenvalue weighted by Crippen LogP contribution is 2.30. The Morgan fingerprint density at radius 3 is 2.57 bits per heavy atom. The molecule has 0 radical (unpaired) electrons. The molecule has 2 aliphatic rings. The van der Waals surface area contributed by atoms with Crippen molar-refractivity contribution >= 4 is 23.3 Å². The van der Waals surface area contributed by atoms with Gasteiger partial charge >= 0.3 is 6.03 Å². The summed E-state index contributed by atoms with van der Waals surface area (Å²) in [7, 11) is 0. The molecule has 3 amide bonds. The SMILES string of the molecule is CC(=O)N(CCNC(=O)NC1CCCCC1)c1ccccc1N1CCOCC1. The maximum atomic E-state index is 12.3. The summed E-state index contributed by atoms with van der Waals surface area (Å²) in [5, 5.41) is 5.96. The Morgan fingerprint density at radius 1 is 1.14 bits per heavy atom. The van der Waals surface area contributed by atoms with Crippen LogP contribution in [0.4, 0.5) is 16.2 Å². The van der Waals surface area contributed by atoms with E-state index in [1.54, 1.807) is 11.8 Å². The summed E-state index contributed by atoms with van der Waals surface area (Å²) in [4.78, 5) is 28.5. The molecule has 1 saturated heterocycles. The van der Waals surface area contributed by atoms with E-state index in [9.17, 15) is 9.59 Å². The zero-order valence-corrected chi connectivity index (χ0v) is 16.8. The summed E-state index contributed by atoms with van der Waals surface area (Å²) in [5.74, 6) is -0.0322. The molecule has 2 fully saturated rings. The van der Waals surface area contributed by atoms with Crippen LogP contribution in [-0.2, 0) is 9.53 Å². The molecule has 0 unspecified atom stereocenters. The lowest BCUT2D eigenvalue weighted by Gasteiger charge is -2.33. The van der Waals surface area contributed by atoms with Crippen LogP contribution in [0.2, 0.25) is 0 Å². The van der Waals surface area contributed by atoms with Gasteiger partial charge < -0.3 is 25.2 Å². The first-order valence-electron chi connectivity index (χ1n) is 10.4. The molecule has 0 bridgehead atoms. The molecule has 1 aromatic carbocycles. The topological polar surface area (TPSA) is 73.9 Å². The number of hydrogen-bond donors (Lipinski definition) is 2. The van der Waals surface area contributed by atoms with Gasteiger partial charge in [-0.1, -0.05) is 31.4 Å². The van der Waals surface area contributed by atoms with E-state index < -0.39 is 0 Å². The molecular formula is C21H32N4O3. The Labute approximate surface area is 167 Å². The van der Waals surface area contributed by atoms with E-state index in [2.05, 4.69) is 15.5 Å². The Balaban J connectivity index is 1.58. The quantitative estimate of drug-likeness (QED) is 0.785. The molecule has 2 N–H and O–H groups in total. The largest absolute Gasteiger partial charge is 0.378 e. The zero-order valence-electron chi connectivity index (χ0n) is 16.8. The van der Waals surface area contributed by atoms with Gasteiger partial charge in [-0.05, 0) is 25.0 Å². The van der Waals surface area contributed by atoms with Gasteiger partial charge in [-0.3, -0.25) is 4.79 Å². The predicted molar refractivity (Wildman–Crippen MR) is 111 cm³/mol. The van der Waals surface area contributed by atoms with Gasteiger partial charge in [0.05, 0.1) is 24.6 Å². The normalized spacial score (nSPS) is 17.8. The monoisotopic (exact) mass is 388 g/mol. The third-order valence-corrected chi connectivity index (χ3v) is 5.47. The van der Waals surface area contributed by atoms with Crippen molar-refractivity contribution in [2.45, 2.75) is 45.1 Å². The number of nitrogens with one attached hydrogen (secondary N) is 2. The number of nitrogens with zero attached hydrogens (tertiary/aromatic N) is 2. The lowest BCUT2D eigenvalue weighted by Crippen LogP contribution is -2.46. The van der Waals surface area contributed by atoms with Crippen molar-refractivity contribution in [3.8, 4) is 0 Å². The summed E-state index contributed by atoms with van der Waals surface area (Å²) in [6.45, 7) is 5.42. The Morgan fingerprint density at radius 2 is 1.86 bits per heavy atom. The lowest BCUT2D eigenvalue weighted by atomic mass is 9.96. The van der Waals surface area contributed by atoms with Gasteiger partial charge in [-0.25, -0.2) is 4.79 Å². The van der Waals surface area contributed by atoms with Crippen LogP contribution in [0.15, 0.2) is 24.3 Å². The third-order valence-electron chi connectivity index (χ3n) is 5.47. The van der Waals surface area contributed by atoms with Crippen LogP contribution in [0.1, 0.15) is 39.0 Å². The highest BCUT2D eigenvalue weighted by Gasteiger charge is 2.21. The van der Waals surface area contributed by atoms with E-state index in [1.807, 2.05) is 24.3 Å². The minimum absolute atomic E-state index is 0.0322. The molecule has 1 aromatic rings. The van der Waals surface area contributed by atoms with E-state index in [4.69, 9.17) is 4.74 Å². The van der Waals surface area contributed by atoms with Gasteiger partial charge in [0.2, 0.25) is 5.91 Å². The summed E-state index contributed by atoms with van der Waals surface area (Å²) in [5.41, 5.74) is 1.92. The molecule has 1 aliphatic heterocycles. The average Bonchev–Trinajstić information content (AvgIpc) is 2.72. The minimum Gasteiger partial charge on any atom is -0.378 e. The number of para-hydroxylation sites is 2. The Hall–Kier alpha value is -2.28. The van der Waals surface area contributed by atoms with Crippen LogP contribution in [-0.4, -0.2) is 57.4 Å². The fourth-order valence-electron chi connectivity index (χ4n) is 3.98. The molecule has 1 aliphatic carbocycles. The summed E-state index contributed by atoms with van der Waals surface area (Å²) >= 11 is 0. The highest BCUT2D eigenvalue weighted by molar-refractivity contribution is 5.95. The number of carbonyl (C=O) groups excluding carboxylic acids is 2. The Bertz CT molecular complexity index is 655. The summed E-state index contributed by atoms with van der Waals surface area (Å²) < 4.78 is 5.45. The standard InChI is InChI=1S/C21H32N4O3/c1-17(26)25(12-11-22-21(27)23-18-7-3-2-4-8-18)20-10-6-5-9-19(20)24-13-15-28-16-14-24/h5-6,9-10,18H,2-4,7-8,11-16H2,1H3,(H2,22,23,27). The number of benzene rings is 1. The molecule has 1 heterocycles. The van der Waals surface area contributed by atoms with Crippen molar-refractivity contribution in [1.82, 2.24) is 10.6 Å². The number of morpholine rings is 1. The number of ether oxygens (including phenoxy) is 1. The first-order chi connectivity index (χ1) is 13.6. The molecule has 7 heteroatoms. The molecule has 0 aromatic heterocycles. The predicted octanol–water partition coefficient (Wildman–Crippen LogP) is 2.51. The lowest BCUT2D eigenvalue weighted by molar-refractivity contribution is -0.116. The van der Waals surface area contributed by atoms with Crippen molar-refractivity contribution in [1.29, 1.82) is 0 Å². The molecule has 154 valence electrons. The fourth-order valence-corrected chi connectivity index (χ4v) is 3.98. The van der Waals surface area contributed by atoms with Crippen LogP contribution < -0.4 is 20.4 Å². The number of anilines is 2. The zero-order chi connectivity index (χ0) is 19.8. The smallest absolute Gasteiger partial charge is 0.315 e. The molecule has 1 saturated carbocycles. The maximum absolute atomic E-state index is 12.3. The van der Waals surface area contributed by atoms with E-state index in [0.717, 1.165) is 37.3 Å². The second kappa shape index (κ2) is 10.3. The average molecular weight is 389 g/mol. The molecule has 7 nitrogen and oxygen atoms in total. The van der Waals surface area contributed by atoms with Gasteiger partial charge in [0, 0.05) is 39.1 Å². The summed E-state index contributed by atoms with van der Waals surface area (Å²) in [6, 6.07) is 8.08. The van der Waals surface area contributed by atoms with E-state index >= 15 is 0 Å². The van der Waals surface area contributed by atoms with Gasteiger partial charge in [0.1, 0.15) is 0 Å². The fraction of sp³-hybridized carbons (Fsp3) is 0.619. The van der Waals surface area contributed by atoms with Gasteiger partial charge in [-0.15, -0.1) is 0 Å². The molecule has 0 atom stereocenters. The molecule has 28 heavy (non-hydrogen) atoms. The first-order valence-corrected chi connectivity index (χ1v) is 10.4. The van der Waals surface area contributed by atoms with Crippen molar-refractivity contribution in [2.24, 2.45) is 0 Å². The summed E-state index contributed by atoms with van der Waals surface area (Å²) in [6.07, 6.45) is 5.73. The van der Waals surface area contributed by atoms with Crippen molar-refractivity contribution in [3.63, 3.8) is 0 Å². The minimum atomic E-state index is -0.142. The number of hydrogen-bond acceptors (Lipinski definition) is 4. The van der Waals surface area contributed by atoms with Gasteiger partial charge in [0.25, 0.3) is 0 Å². The number of rotatable bonds is 6. The van der Waals surface area contributed by atoms with E-state index in [0.29, 0.717) is 26.3 Å². The van der Waals surface area contributed by atoms with Crippen molar-refractivity contribution in [3.05, 3.63) is 24.3 Å². The Kier molecular flexibility index (Phi) is 7.54. The van der Waals surface area contributed by atoms with Crippen LogP contribution >= 0.6 is 0 Å². The first kappa shape index (κ1) is 20.5. The van der Waals surface area contributed by atoms with E-state index in [1.165, 1.54) is 19.3 Å². The second-order valence-electron chi connectivity index (χ2n) is 7.49. The van der Waals surface area contributed by atoms with Crippen LogP contribution in [0.3, 0.4) is 0 Å². The van der Waals surface area contributed by atoms with Gasteiger partial charge in [0.15, 0.2) is 0 Å². The number of carbonyl (C=O) groups is 2. The van der Waals surface area contributed by atoms with Crippen LogP contribution in [0, 0.1) is 0 Å².